The van der Waals surface area contributed by atoms with Gasteiger partial charge in [-0.1, -0.05) is 6.92 Å². The SMILES string of the molecule is CCCOc1cc(CN)nn1C. The first kappa shape index (κ1) is 9.06. The third-order valence-electron chi connectivity index (χ3n) is 1.55. The molecule has 0 amide bonds. The van der Waals surface area contributed by atoms with Crippen LogP contribution < -0.4 is 10.5 Å². The zero-order valence-electron chi connectivity index (χ0n) is 7.58. The number of hydrogen-bond donors (Lipinski definition) is 1. The van der Waals surface area contributed by atoms with Gasteiger partial charge in [0.15, 0.2) is 0 Å². The van der Waals surface area contributed by atoms with E-state index in [2.05, 4.69) is 12.0 Å². The van der Waals surface area contributed by atoms with Crippen molar-refractivity contribution in [2.24, 2.45) is 12.8 Å². The lowest BCUT2D eigenvalue weighted by molar-refractivity contribution is 0.290. The number of ether oxygens (including phenoxy) is 1. The van der Waals surface area contributed by atoms with Crippen LogP contribution in [0, 0.1) is 0 Å². The van der Waals surface area contributed by atoms with Crippen LogP contribution in [0.4, 0.5) is 0 Å². The normalized spacial score (nSPS) is 10.2. The third-order valence-corrected chi connectivity index (χ3v) is 1.55. The molecule has 0 saturated carbocycles. The second-order valence-electron chi connectivity index (χ2n) is 2.65. The monoisotopic (exact) mass is 169 g/mol. The highest BCUT2D eigenvalue weighted by Gasteiger charge is 2.03. The molecule has 0 saturated heterocycles. The molecule has 4 nitrogen and oxygen atoms in total. The van der Waals surface area contributed by atoms with Gasteiger partial charge in [-0.25, -0.2) is 4.68 Å². The maximum Gasteiger partial charge on any atom is 0.211 e. The summed E-state index contributed by atoms with van der Waals surface area (Å²) in [5.41, 5.74) is 6.29. The predicted octanol–water partition coefficient (Wildman–Crippen LogP) is 0.668. The molecule has 0 aliphatic carbocycles. The number of hydrogen-bond acceptors (Lipinski definition) is 3. The molecular formula is C8H15N3O. The fourth-order valence-electron chi connectivity index (χ4n) is 0.948. The lowest BCUT2D eigenvalue weighted by Crippen LogP contribution is -2.01. The van der Waals surface area contributed by atoms with Crippen LogP contribution in [0.2, 0.25) is 0 Å². The second-order valence-corrected chi connectivity index (χ2v) is 2.65. The Morgan fingerprint density at radius 1 is 1.67 bits per heavy atom. The first-order valence-electron chi connectivity index (χ1n) is 4.13. The summed E-state index contributed by atoms with van der Waals surface area (Å²) < 4.78 is 7.12. The molecule has 0 atom stereocenters. The summed E-state index contributed by atoms with van der Waals surface area (Å²) in [5, 5.41) is 4.15. The molecule has 1 rings (SSSR count). The van der Waals surface area contributed by atoms with Crippen LogP contribution in [0.3, 0.4) is 0 Å². The average Bonchev–Trinajstić information content (AvgIpc) is 2.43. The van der Waals surface area contributed by atoms with Crippen molar-refractivity contribution in [3.8, 4) is 5.88 Å². The van der Waals surface area contributed by atoms with Gasteiger partial charge >= 0.3 is 0 Å². The molecule has 68 valence electrons. The van der Waals surface area contributed by atoms with Crippen molar-refractivity contribution in [1.82, 2.24) is 9.78 Å². The van der Waals surface area contributed by atoms with Gasteiger partial charge in [0.05, 0.1) is 12.3 Å². The minimum atomic E-state index is 0.462. The zero-order valence-corrected chi connectivity index (χ0v) is 7.58. The highest BCUT2D eigenvalue weighted by molar-refractivity contribution is 5.15. The van der Waals surface area contributed by atoms with Crippen molar-refractivity contribution < 1.29 is 4.74 Å². The summed E-state index contributed by atoms with van der Waals surface area (Å²) in [6.45, 7) is 3.26. The summed E-state index contributed by atoms with van der Waals surface area (Å²) >= 11 is 0. The van der Waals surface area contributed by atoms with Crippen molar-refractivity contribution in [3.63, 3.8) is 0 Å². The van der Waals surface area contributed by atoms with Crippen molar-refractivity contribution in [1.29, 1.82) is 0 Å². The van der Waals surface area contributed by atoms with Gasteiger partial charge in [0, 0.05) is 19.7 Å². The first-order valence-corrected chi connectivity index (χ1v) is 4.13. The van der Waals surface area contributed by atoms with Crippen LogP contribution in [0.1, 0.15) is 19.0 Å². The molecule has 0 aliphatic rings. The van der Waals surface area contributed by atoms with Gasteiger partial charge < -0.3 is 10.5 Å². The van der Waals surface area contributed by atoms with Crippen LogP contribution >= 0.6 is 0 Å². The van der Waals surface area contributed by atoms with E-state index in [4.69, 9.17) is 10.5 Å². The van der Waals surface area contributed by atoms with Crippen molar-refractivity contribution in [2.45, 2.75) is 19.9 Å². The lowest BCUT2D eigenvalue weighted by Gasteiger charge is -2.02. The standard InChI is InChI=1S/C8H15N3O/c1-3-4-12-8-5-7(6-9)10-11(8)2/h5H,3-4,6,9H2,1-2H3. The summed E-state index contributed by atoms with van der Waals surface area (Å²) in [6.07, 6.45) is 1.00. The summed E-state index contributed by atoms with van der Waals surface area (Å²) in [4.78, 5) is 0. The molecule has 0 aliphatic heterocycles. The average molecular weight is 169 g/mol. The Bertz CT molecular complexity index is 244. The van der Waals surface area contributed by atoms with Crippen LogP contribution in [0.5, 0.6) is 5.88 Å². The molecule has 0 aromatic carbocycles. The number of rotatable bonds is 4. The minimum absolute atomic E-state index is 0.462. The number of nitrogens with two attached hydrogens (primary N) is 1. The molecule has 12 heavy (non-hydrogen) atoms. The van der Waals surface area contributed by atoms with Crippen LogP contribution in [-0.2, 0) is 13.6 Å². The van der Waals surface area contributed by atoms with Gasteiger partial charge in [-0.05, 0) is 6.42 Å². The van der Waals surface area contributed by atoms with Crippen LogP contribution in [0.25, 0.3) is 0 Å². The van der Waals surface area contributed by atoms with Gasteiger partial charge in [-0.2, -0.15) is 5.10 Å². The van der Waals surface area contributed by atoms with E-state index in [9.17, 15) is 0 Å². The van der Waals surface area contributed by atoms with E-state index in [0.717, 1.165) is 24.6 Å². The van der Waals surface area contributed by atoms with E-state index in [1.165, 1.54) is 0 Å². The maximum absolute atomic E-state index is 5.43. The van der Waals surface area contributed by atoms with Gasteiger partial charge in [0.1, 0.15) is 0 Å². The minimum Gasteiger partial charge on any atom is -0.478 e. The van der Waals surface area contributed by atoms with E-state index in [1.54, 1.807) is 4.68 Å². The zero-order chi connectivity index (χ0) is 8.97. The van der Waals surface area contributed by atoms with E-state index >= 15 is 0 Å². The molecule has 0 radical (unpaired) electrons. The highest BCUT2D eigenvalue weighted by Crippen LogP contribution is 2.11. The fourth-order valence-corrected chi connectivity index (χ4v) is 0.948. The molecule has 1 aromatic heterocycles. The van der Waals surface area contributed by atoms with Crippen LogP contribution in [-0.4, -0.2) is 16.4 Å². The quantitative estimate of drug-likeness (QED) is 0.720. The summed E-state index contributed by atoms with van der Waals surface area (Å²) in [7, 11) is 1.85. The Labute approximate surface area is 72.3 Å². The van der Waals surface area contributed by atoms with Crippen molar-refractivity contribution in [3.05, 3.63) is 11.8 Å². The Kier molecular flexibility index (Phi) is 3.10. The first-order chi connectivity index (χ1) is 5.77. The number of aryl methyl sites for hydroxylation is 1. The Morgan fingerprint density at radius 2 is 2.42 bits per heavy atom. The lowest BCUT2D eigenvalue weighted by atomic mass is 10.4. The van der Waals surface area contributed by atoms with Gasteiger partial charge in [-0.3, -0.25) is 0 Å². The number of nitrogens with zero attached hydrogens (tertiary/aromatic N) is 2. The van der Waals surface area contributed by atoms with Crippen LogP contribution in [0.15, 0.2) is 6.07 Å². The molecule has 1 aromatic rings. The molecule has 0 fully saturated rings. The van der Waals surface area contributed by atoms with Crippen molar-refractivity contribution >= 4 is 0 Å². The van der Waals surface area contributed by atoms with Gasteiger partial charge in [0.2, 0.25) is 5.88 Å². The van der Waals surface area contributed by atoms with E-state index in [1.807, 2.05) is 13.1 Å². The third kappa shape index (κ3) is 1.98. The smallest absolute Gasteiger partial charge is 0.211 e. The molecular weight excluding hydrogens is 154 g/mol. The largest absolute Gasteiger partial charge is 0.478 e. The Balaban J connectivity index is 2.64. The van der Waals surface area contributed by atoms with E-state index in [-0.39, 0.29) is 0 Å². The molecule has 0 unspecified atom stereocenters. The second kappa shape index (κ2) is 4.11. The van der Waals surface area contributed by atoms with Crippen molar-refractivity contribution in [2.75, 3.05) is 6.61 Å². The molecule has 0 spiro atoms. The Hall–Kier alpha value is -1.03. The van der Waals surface area contributed by atoms with E-state index in [0.29, 0.717) is 6.54 Å². The summed E-state index contributed by atoms with van der Waals surface area (Å²) in [5.74, 6) is 0.789. The molecule has 0 bridgehead atoms. The van der Waals surface area contributed by atoms with Gasteiger partial charge in [0.25, 0.3) is 0 Å². The Morgan fingerprint density at radius 3 is 2.92 bits per heavy atom. The molecule has 1 heterocycles. The predicted molar refractivity (Wildman–Crippen MR) is 46.9 cm³/mol. The summed E-state index contributed by atoms with van der Waals surface area (Å²) in [6, 6.07) is 1.87. The number of aromatic nitrogens is 2. The fraction of sp³-hybridized carbons (Fsp3) is 0.625. The maximum atomic E-state index is 5.43. The molecule has 2 N–H and O–H groups in total. The highest BCUT2D eigenvalue weighted by atomic mass is 16.5. The van der Waals surface area contributed by atoms with E-state index < -0.39 is 0 Å². The topological polar surface area (TPSA) is 53.1 Å². The molecule has 4 heteroatoms. The van der Waals surface area contributed by atoms with Gasteiger partial charge in [-0.15, -0.1) is 0 Å².